The smallest absolute Gasteiger partial charge is 0.426 e. The second-order valence-electron chi connectivity index (χ2n) is 7.48. The summed E-state index contributed by atoms with van der Waals surface area (Å²) in [6, 6.07) is 12.9. The number of carbonyl (C=O) groups excluding carboxylic acids is 2. The average Bonchev–Trinajstić information content (AvgIpc) is 2.69. The van der Waals surface area contributed by atoms with Gasteiger partial charge >= 0.3 is 7.12 Å². The maximum atomic E-state index is 13.0. The van der Waals surface area contributed by atoms with E-state index in [9.17, 15) is 19.6 Å². The number of hydrogen-bond donors (Lipinski definition) is 4. The number of rotatable bonds is 9. The lowest BCUT2D eigenvalue weighted by atomic mass is 9.75. The molecule has 9 heteroatoms. The first-order valence-electron chi connectivity index (χ1n) is 9.64. The standard InChI is InChI=1S/C21H25BCl2N2O4/c1-13(2)11-18(22(29)30)26-21(28)17(12-14-7-4-3-5-8-14)25-20(27)15-9-6-10-16(23)19(15)24/h3-10,13,17-18,29-30H,11-12H2,1-2H3,(H,25,27)(H,26,28)/t17-,18-/m0/s1. The summed E-state index contributed by atoms with van der Waals surface area (Å²) in [7, 11) is -1.72. The third-order valence-corrected chi connectivity index (χ3v) is 5.33. The quantitative estimate of drug-likeness (QED) is 0.441. The predicted octanol–water partition coefficient (Wildman–Crippen LogP) is 2.88. The van der Waals surface area contributed by atoms with Crippen molar-refractivity contribution >= 4 is 42.1 Å². The molecule has 30 heavy (non-hydrogen) atoms. The first-order chi connectivity index (χ1) is 14.2. The lowest BCUT2D eigenvalue weighted by molar-refractivity contribution is -0.123. The van der Waals surface area contributed by atoms with Gasteiger partial charge in [-0.2, -0.15) is 0 Å². The minimum Gasteiger partial charge on any atom is -0.426 e. The van der Waals surface area contributed by atoms with Gasteiger partial charge in [0.1, 0.15) is 6.04 Å². The Morgan fingerprint density at radius 3 is 2.27 bits per heavy atom. The van der Waals surface area contributed by atoms with Crippen molar-refractivity contribution in [2.24, 2.45) is 5.92 Å². The van der Waals surface area contributed by atoms with Crippen LogP contribution in [0.15, 0.2) is 48.5 Å². The molecule has 0 spiro atoms. The van der Waals surface area contributed by atoms with E-state index >= 15 is 0 Å². The number of benzene rings is 2. The Labute approximate surface area is 186 Å². The number of carbonyl (C=O) groups is 2. The van der Waals surface area contributed by atoms with Crippen LogP contribution in [0.25, 0.3) is 0 Å². The van der Waals surface area contributed by atoms with Crippen LogP contribution in [-0.4, -0.2) is 41.0 Å². The van der Waals surface area contributed by atoms with Crippen LogP contribution in [0.3, 0.4) is 0 Å². The van der Waals surface area contributed by atoms with E-state index in [2.05, 4.69) is 10.6 Å². The molecule has 0 saturated carbocycles. The first-order valence-corrected chi connectivity index (χ1v) is 10.4. The SMILES string of the molecule is CC(C)C[C@H](NC(=O)[C@H](Cc1ccccc1)NC(=O)c1cccc(Cl)c1Cl)B(O)O. The van der Waals surface area contributed by atoms with Crippen LogP contribution in [0.5, 0.6) is 0 Å². The summed E-state index contributed by atoms with van der Waals surface area (Å²) in [5.74, 6) is -1.81. The second-order valence-corrected chi connectivity index (χ2v) is 8.26. The highest BCUT2D eigenvalue weighted by atomic mass is 35.5. The largest absolute Gasteiger partial charge is 0.475 e. The summed E-state index contributed by atoms with van der Waals surface area (Å²) in [6.45, 7) is 3.82. The molecule has 160 valence electrons. The van der Waals surface area contributed by atoms with Crippen molar-refractivity contribution in [1.29, 1.82) is 0 Å². The molecule has 0 unspecified atom stereocenters. The highest BCUT2D eigenvalue weighted by Gasteiger charge is 2.30. The molecule has 0 aliphatic carbocycles. The van der Waals surface area contributed by atoms with Crippen LogP contribution in [0.1, 0.15) is 36.2 Å². The van der Waals surface area contributed by atoms with E-state index in [1.807, 2.05) is 44.2 Å². The van der Waals surface area contributed by atoms with Gasteiger partial charge in [0.15, 0.2) is 0 Å². The molecule has 0 aromatic heterocycles. The maximum Gasteiger partial charge on any atom is 0.475 e. The van der Waals surface area contributed by atoms with Crippen LogP contribution < -0.4 is 10.6 Å². The van der Waals surface area contributed by atoms with Crippen molar-refractivity contribution in [2.45, 2.75) is 38.7 Å². The zero-order valence-corrected chi connectivity index (χ0v) is 18.3. The molecule has 2 amide bonds. The molecule has 0 bridgehead atoms. The van der Waals surface area contributed by atoms with Crippen molar-refractivity contribution in [3.05, 3.63) is 69.7 Å². The number of halogens is 2. The fourth-order valence-electron chi connectivity index (χ4n) is 3.02. The summed E-state index contributed by atoms with van der Waals surface area (Å²) in [5, 5.41) is 24.9. The fourth-order valence-corrected chi connectivity index (χ4v) is 3.41. The monoisotopic (exact) mass is 450 g/mol. The molecular formula is C21H25BCl2N2O4. The number of hydrogen-bond acceptors (Lipinski definition) is 4. The lowest BCUT2D eigenvalue weighted by Gasteiger charge is -2.24. The molecule has 4 N–H and O–H groups in total. The summed E-state index contributed by atoms with van der Waals surface area (Å²) in [5.41, 5.74) is 0.982. The summed E-state index contributed by atoms with van der Waals surface area (Å²) in [6.07, 6.45) is 0.585. The van der Waals surface area contributed by atoms with Crippen LogP contribution in [0.2, 0.25) is 10.0 Å². The highest BCUT2D eigenvalue weighted by molar-refractivity contribution is 6.44. The van der Waals surface area contributed by atoms with Crippen molar-refractivity contribution in [3.8, 4) is 0 Å². The van der Waals surface area contributed by atoms with Crippen LogP contribution >= 0.6 is 23.2 Å². The predicted molar refractivity (Wildman–Crippen MR) is 119 cm³/mol. The van der Waals surface area contributed by atoms with Gasteiger partial charge in [-0.05, 0) is 30.0 Å². The highest BCUT2D eigenvalue weighted by Crippen LogP contribution is 2.25. The Morgan fingerprint density at radius 1 is 1.00 bits per heavy atom. The second kappa shape index (κ2) is 11.4. The minimum absolute atomic E-state index is 0.0963. The van der Waals surface area contributed by atoms with Gasteiger partial charge in [-0.25, -0.2) is 0 Å². The summed E-state index contributed by atoms with van der Waals surface area (Å²) in [4.78, 5) is 25.7. The Bertz CT molecular complexity index is 865. The van der Waals surface area contributed by atoms with Crippen LogP contribution in [-0.2, 0) is 11.2 Å². The van der Waals surface area contributed by atoms with Crippen LogP contribution in [0, 0.1) is 5.92 Å². The van der Waals surface area contributed by atoms with Gasteiger partial charge in [0, 0.05) is 6.42 Å². The lowest BCUT2D eigenvalue weighted by Crippen LogP contribution is -2.55. The van der Waals surface area contributed by atoms with Gasteiger partial charge in [-0.15, -0.1) is 0 Å². The molecule has 2 rings (SSSR count). The summed E-state index contributed by atoms with van der Waals surface area (Å²) >= 11 is 12.1. The molecule has 0 aliphatic rings. The van der Waals surface area contributed by atoms with E-state index in [1.165, 1.54) is 6.07 Å². The zero-order valence-electron chi connectivity index (χ0n) is 16.8. The maximum absolute atomic E-state index is 13.0. The molecule has 0 aliphatic heterocycles. The van der Waals surface area contributed by atoms with Gasteiger partial charge in [-0.1, -0.05) is 73.4 Å². The molecule has 2 aromatic carbocycles. The molecule has 2 aromatic rings. The molecule has 6 nitrogen and oxygen atoms in total. The van der Waals surface area contributed by atoms with E-state index in [0.29, 0.717) is 6.42 Å². The third-order valence-electron chi connectivity index (χ3n) is 4.51. The van der Waals surface area contributed by atoms with Crippen molar-refractivity contribution in [1.82, 2.24) is 10.6 Å². The van der Waals surface area contributed by atoms with Crippen molar-refractivity contribution < 1.29 is 19.6 Å². The molecule has 0 heterocycles. The average molecular weight is 451 g/mol. The van der Waals surface area contributed by atoms with E-state index in [-0.39, 0.29) is 27.9 Å². The van der Waals surface area contributed by atoms with Gasteiger partial charge < -0.3 is 20.7 Å². The molecule has 0 fully saturated rings. The van der Waals surface area contributed by atoms with Gasteiger partial charge in [0.2, 0.25) is 5.91 Å². The van der Waals surface area contributed by atoms with Crippen molar-refractivity contribution in [3.63, 3.8) is 0 Å². The first kappa shape index (κ1) is 24.2. The van der Waals surface area contributed by atoms with E-state index in [1.54, 1.807) is 12.1 Å². The normalized spacial score (nSPS) is 12.9. The Morgan fingerprint density at radius 2 is 1.67 bits per heavy atom. The van der Waals surface area contributed by atoms with E-state index < -0.39 is 30.9 Å². The Hall–Kier alpha value is -2.06. The number of nitrogens with one attached hydrogen (secondary N) is 2. The Balaban J connectivity index is 2.24. The molecular weight excluding hydrogens is 426 g/mol. The Kier molecular flexibility index (Phi) is 9.18. The fraction of sp³-hybridized carbons (Fsp3) is 0.333. The minimum atomic E-state index is -1.72. The summed E-state index contributed by atoms with van der Waals surface area (Å²) < 4.78 is 0. The topological polar surface area (TPSA) is 98.7 Å². The van der Waals surface area contributed by atoms with E-state index in [0.717, 1.165) is 5.56 Å². The van der Waals surface area contributed by atoms with Gasteiger partial charge in [0.25, 0.3) is 5.91 Å². The van der Waals surface area contributed by atoms with Crippen LogP contribution in [0.4, 0.5) is 0 Å². The molecule has 2 atom stereocenters. The third kappa shape index (κ3) is 7.02. The van der Waals surface area contributed by atoms with Crippen molar-refractivity contribution in [2.75, 3.05) is 0 Å². The zero-order chi connectivity index (χ0) is 22.3. The molecule has 0 radical (unpaired) electrons. The molecule has 0 saturated heterocycles. The van der Waals surface area contributed by atoms with Gasteiger partial charge in [0.05, 0.1) is 21.5 Å². The van der Waals surface area contributed by atoms with E-state index in [4.69, 9.17) is 23.2 Å². The number of amides is 2. The van der Waals surface area contributed by atoms with Gasteiger partial charge in [-0.3, -0.25) is 9.59 Å².